The van der Waals surface area contributed by atoms with E-state index in [1.807, 2.05) is 0 Å². The van der Waals surface area contributed by atoms with E-state index in [1.165, 1.54) is 77.2 Å². The summed E-state index contributed by atoms with van der Waals surface area (Å²) in [5.74, 6) is 0.460. The molecule has 0 heteroatoms. The highest BCUT2D eigenvalue weighted by atomic mass is 14.4. The van der Waals surface area contributed by atoms with Gasteiger partial charge in [0, 0.05) is 0 Å². The maximum absolute atomic E-state index is 2.51. The summed E-state index contributed by atoms with van der Waals surface area (Å²) in [5.41, 5.74) is 14.3. The summed E-state index contributed by atoms with van der Waals surface area (Å²) in [5, 5.41) is 5.53. The Bertz CT molecular complexity index is 1890. The van der Waals surface area contributed by atoms with Gasteiger partial charge in [-0.3, -0.25) is 0 Å². The molecule has 5 aromatic carbocycles. The number of rotatable bonds is 2. The molecule has 0 fully saturated rings. The number of allylic oxidation sites excluding steroid dienone is 4. The molecule has 5 aromatic rings. The van der Waals surface area contributed by atoms with Crippen LogP contribution in [0.15, 0.2) is 97.1 Å². The fraction of sp³-hybridized carbons (Fsp3) is 0.268. The van der Waals surface area contributed by atoms with Crippen molar-refractivity contribution in [1.29, 1.82) is 0 Å². The average Bonchev–Trinajstić information content (AvgIpc) is 3.26. The molecule has 1 atom stereocenters. The van der Waals surface area contributed by atoms with E-state index in [9.17, 15) is 0 Å². The summed E-state index contributed by atoms with van der Waals surface area (Å²) in [6.07, 6.45) is 3.58. The number of hydrogen-bond donors (Lipinski definition) is 0. The van der Waals surface area contributed by atoms with Gasteiger partial charge < -0.3 is 0 Å². The zero-order valence-electron chi connectivity index (χ0n) is 25.5. The molecule has 0 radical (unpaired) electrons. The van der Waals surface area contributed by atoms with Crippen molar-refractivity contribution in [2.24, 2.45) is 5.92 Å². The molecule has 0 N–H and O–H groups in total. The van der Waals surface area contributed by atoms with E-state index in [-0.39, 0.29) is 10.8 Å². The van der Waals surface area contributed by atoms with Gasteiger partial charge in [-0.1, -0.05) is 139 Å². The minimum Gasteiger partial charge on any atom is -0.0616 e. The van der Waals surface area contributed by atoms with Crippen molar-refractivity contribution in [3.05, 3.63) is 125 Å². The predicted molar refractivity (Wildman–Crippen MR) is 179 cm³/mol. The second kappa shape index (κ2) is 9.05. The molecule has 2 aliphatic rings. The van der Waals surface area contributed by atoms with E-state index in [0.29, 0.717) is 5.92 Å². The third kappa shape index (κ3) is 4.11. The Labute approximate surface area is 245 Å². The fourth-order valence-electron chi connectivity index (χ4n) is 7.13. The molecule has 2 aliphatic carbocycles. The molecule has 204 valence electrons. The molecular formula is C41H40. The second-order valence-corrected chi connectivity index (χ2v) is 14.3. The Morgan fingerprint density at radius 1 is 0.561 bits per heavy atom. The molecule has 0 amide bonds. The lowest BCUT2D eigenvalue weighted by Crippen LogP contribution is -2.11. The van der Waals surface area contributed by atoms with Crippen molar-refractivity contribution < 1.29 is 0 Å². The summed E-state index contributed by atoms with van der Waals surface area (Å²) in [4.78, 5) is 0. The Balaban J connectivity index is 1.44. The van der Waals surface area contributed by atoms with Crippen molar-refractivity contribution in [2.45, 2.75) is 65.7 Å². The Kier molecular flexibility index (Phi) is 5.75. The molecule has 0 nitrogen and oxygen atoms in total. The Hall–Kier alpha value is -3.90. The van der Waals surface area contributed by atoms with Crippen LogP contribution in [0, 0.1) is 5.92 Å². The average molecular weight is 533 g/mol. The summed E-state index contributed by atoms with van der Waals surface area (Å²) in [6.45, 7) is 16.1. The fourth-order valence-corrected chi connectivity index (χ4v) is 7.13. The molecule has 41 heavy (non-hydrogen) atoms. The van der Waals surface area contributed by atoms with Crippen LogP contribution in [0.1, 0.15) is 82.7 Å². The van der Waals surface area contributed by atoms with Gasteiger partial charge in [0.05, 0.1) is 0 Å². The molecule has 7 rings (SSSR count). The van der Waals surface area contributed by atoms with Crippen LogP contribution in [0.3, 0.4) is 0 Å². The van der Waals surface area contributed by atoms with Gasteiger partial charge in [-0.2, -0.15) is 0 Å². The zero-order valence-corrected chi connectivity index (χ0v) is 25.5. The topological polar surface area (TPSA) is 0 Å². The van der Waals surface area contributed by atoms with Gasteiger partial charge in [0.15, 0.2) is 0 Å². The highest BCUT2D eigenvalue weighted by Gasteiger charge is 2.32. The van der Waals surface area contributed by atoms with E-state index >= 15 is 0 Å². The first-order valence-corrected chi connectivity index (χ1v) is 15.2. The van der Waals surface area contributed by atoms with E-state index < -0.39 is 0 Å². The molecule has 0 aromatic heterocycles. The van der Waals surface area contributed by atoms with E-state index in [2.05, 4.69) is 146 Å². The third-order valence-corrected chi connectivity index (χ3v) is 9.43. The normalized spacial score (nSPS) is 16.9. The Morgan fingerprint density at radius 3 is 1.68 bits per heavy atom. The lowest BCUT2D eigenvalue weighted by molar-refractivity contribution is 0.590. The minimum absolute atomic E-state index is 0.138. The third-order valence-electron chi connectivity index (χ3n) is 9.43. The molecular weight excluding hydrogens is 492 g/mol. The van der Waals surface area contributed by atoms with Gasteiger partial charge in [-0.15, -0.1) is 0 Å². The molecule has 0 saturated carbocycles. The monoisotopic (exact) mass is 532 g/mol. The first kappa shape index (κ1) is 26.0. The highest BCUT2D eigenvalue weighted by Crippen LogP contribution is 2.55. The molecule has 0 bridgehead atoms. The standard InChI is InChI=1S/C41H40/c1-25-23-36-35(24-34(25)26-15-19-28(20-16-26)40(2,3)4)32-13-10-14-33-37(27-17-21-29(22-18-27)41(5,6)7)30-11-8-9-12-31(30)39(36)38(32)33/h8-22,24-25H,23H2,1-7H3. The summed E-state index contributed by atoms with van der Waals surface area (Å²) in [7, 11) is 0. The summed E-state index contributed by atoms with van der Waals surface area (Å²) >= 11 is 0. The Morgan fingerprint density at radius 2 is 1.10 bits per heavy atom. The number of fused-ring (bicyclic) bond motifs is 4. The predicted octanol–water partition coefficient (Wildman–Crippen LogP) is 11.6. The molecule has 0 aliphatic heterocycles. The van der Waals surface area contributed by atoms with Crippen LogP contribution < -0.4 is 0 Å². The van der Waals surface area contributed by atoms with E-state index in [1.54, 1.807) is 0 Å². The lowest BCUT2D eigenvalue weighted by atomic mass is 9.79. The minimum atomic E-state index is 0.138. The number of hydrogen-bond acceptors (Lipinski definition) is 0. The van der Waals surface area contributed by atoms with Crippen LogP contribution in [0.2, 0.25) is 0 Å². The van der Waals surface area contributed by atoms with Gasteiger partial charge in [0.25, 0.3) is 0 Å². The van der Waals surface area contributed by atoms with Crippen molar-refractivity contribution >= 4 is 38.3 Å². The molecule has 0 saturated heterocycles. The summed E-state index contributed by atoms with van der Waals surface area (Å²) < 4.78 is 0. The SMILES string of the molecule is CC1CC2=C(C=C1c1ccc(C(C)(C)C)cc1)c1cccc3c(-c4ccc(C(C)(C)C)cc4)c4ccccc4c2c13. The van der Waals surface area contributed by atoms with E-state index in [0.717, 1.165) is 6.42 Å². The van der Waals surface area contributed by atoms with Crippen LogP contribution in [0.5, 0.6) is 0 Å². The van der Waals surface area contributed by atoms with Crippen LogP contribution in [0.4, 0.5) is 0 Å². The van der Waals surface area contributed by atoms with Crippen LogP contribution in [-0.2, 0) is 10.8 Å². The molecule has 0 heterocycles. The van der Waals surface area contributed by atoms with Crippen LogP contribution in [-0.4, -0.2) is 0 Å². The first-order valence-electron chi connectivity index (χ1n) is 15.2. The highest BCUT2D eigenvalue weighted by molar-refractivity contribution is 6.28. The van der Waals surface area contributed by atoms with Gasteiger partial charge in [0.1, 0.15) is 0 Å². The van der Waals surface area contributed by atoms with Crippen molar-refractivity contribution in [1.82, 2.24) is 0 Å². The zero-order chi connectivity index (χ0) is 28.7. The van der Waals surface area contributed by atoms with Gasteiger partial charge in [-0.05, 0) is 106 Å². The quantitative estimate of drug-likeness (QED) is 0.198. The van der Waals surface area contributed by atoms with Crippen molar-refractivity contribution in [3.63, 3.8) is 0 Å². The van der Waals surface area contributed by atoms with Gasteiger partial charge in [0.2, 0.25) is 0 Å². The molecule has 1 unspecified atom stereocenters. The van der Waals surface area contributed by atoms with Crippen LogP contribution >= 0.6 is 0 Å². The maximum Gasteiger partial charge on any atom is -0.00170 e. The number of benzene rings is 5. The van der Waals surface area contributed by atoms with Gasteiger partial charge in [-0.25, -0.2) is 0 Å². The van der Waals surface area contributed by atoms with Crippen LogP contribution in [0.25, 0.3) is 49.4 Å². The van der Waals surface area contributed by atoms with Crippen molar-refractivity contribution in [3.8, 4) is 11.1 Å². The molecule has 0 spiro atoms. The largest absolute Gasteiger partial charge is 0.0616 e. The van der Waals surface area contributed by atoms with Gasteiger partial charge >= 0.3 is 0 Å². The summed E-state index contributed by atoms with van der Waals surface area (Å²) in [6, 6.07) is 34.7. The van der Waals surface area contributed by atoms with E-state index in [4.69, 9.17) is 0 Å². The van der Waals surface area contributed by atoms with Crippen molar-refractivity contribution in [2.75, 3.05) is 0 Å². The maximum atomic E-state index is 2.51. The smallest absolute Gasteiger partial charge is 0.00170 e. The second-order valence-electron chi connectivity index (χ2n) is 14.3. The lowest BCUT2D eigenvalue weighted by Gasteiger charge is -2.25. The first-order chi connectivity index (χ1) is 19.5.